The topological polar surface area (TPSA) is 0 Å². The van der Waals surface area contributed by atoms with Crippen molar-refractivity contribution < 1.29 is 0 Å². The van der Waals surface area contributed by atoms with Crippen LogP contribution in [0.5, 0.6) is 0 Å². The van der Waals surface area contributed by atoms with Crippen LogP contribution in [0.3, 0.4) is 0 Å². The van der Waals surface area contributed by atoms with Crippen LogP contribution >= 0.6 is 35.6 Å². The van der Waals surface area contributed by atoms with Crippen LogP contribution in [0.2, 0.25) is 0 Å². The van der Waals surface area contributed by atoms with Crippen LogP contribution < -0.4 is 0 Å². The lowest BCUT2D eigenvalue weighted by Gasteiger charge is -2.33. The van der Waals surface area contributed by atoms with E-state index in [1.54, 1.807) is 0 Å². The van der Waals surface area contributed by atoms with Crippen LogP contribution in [0.15, 0.2) is 0 Å². The fourth-order valence-corrected chi connectivity index (χ4v) is 10.9. The molecule has 0 aliphatic rings. The molecule has 0 N–H and O–H groups in total. The van der Waals surface area contributed by atoms with Gasteiger partial charge in [-0.2, -0.15) is 0 Å². The van der Waals surface area contributed by atoms with Gasteiger partial charge in [0, 0.05) is 0 Å². The second kappa shape index (κ2) is 26.0. The van der Waals surface area contributed by atoms with E-state index in [9.17, 15) is 0 Å². The standard InChI is InChI=1S/C36H78P4/c1-7-13-22-34(37,23-14-8-2)28-19-31-40(32-20-29-35(38,24-15-9-3)25-16-10-4)33-21-30-36(39,26-17-11-5)27-18-12-6/h7-33,37-39H2,1-6H3. The molecular weight excluding hydrogens is 556 g/mol. The maximum absolute atomic E-state index is 3.37. The van der Waals surface area contributed by atoms with Crippen molar-refractivity contribution in [1.29, 1.82) is 0 Å². The summed E-state index contributed by atoms with van der Waals surface area (Å²) in [6.45, 7) is 14.2. The Morgan fingerprint density at radius 3 is 0.675 bits per heavy atom. The van der Waals surface area contributed by atoms with Gasteiger partial charge in [0.05, 0.1) is 0 Å². The summed E-state index contributed by atoms with van der Waals surface area (Å²) in [6, 6.07) is 0. The van der Waals surface area contributed by atoms with Crippen molar-refractivity contribution >= 4 is 35.6 Å². The first-order valence-corrected chi connectivity index (χ1v) is 21.9. The molecule has 0 aliphatic carbocycles. The van der Waals surface area contributed by atoms with E-state index in [0.29, 0.717) is 15.5 Å². The Morgan fingerprint density at radius 2 is 0.500 bits per heavy atom. The van der Waals surface area contributed by atoms with Gasteiger partial charge in [-0.25, -0.2) is 0 Å². The van der Waals surface area contributed by atoms with Crippen molar-refractivity contribution in [3.63, 3.8) is 0 Å². The highest BCUT2D eigenvalue weighted by molar-refractivity contribution is 7.57. The summed E-state index contributed by atoms with van der Waals surface area (Å²) in [5.41, 5.74) is 0. The summed E-state index contributed by atoms with van der Waals surface area (Å²) in [5.74, 6) is 0. The first-order chi connectivity index (χ1) is 19.1. The average Bonchev–Trinajstić information content (AvgIpc) is 2.95. The molecule has 0 amide bonds. The molecule has 0 bridgehead atoms. The van der Waals surface area contributed by atoms with E-state index in [4.69, 9.17) is 0 Å². The maximum Gasteiger partial charge on any atom is -0.0150 e. The van der Waals surface area contributed by atoms with E-state index < -0.39 is 0 Å². The maximum atomic E-state index is 3.37. The van der Waals surface area contributed by atoms with Gasteiger partial charge in [0.2, 0.25) is 0 Å². The zero-order valence-electron chi connectivity index (χ0n) is 28.8. The second-order valence-electron chi connectivity index (χ2n) is 13.9. The Kier molecular flexibility index (Phi) is 27.1. The average molecular weight is 635 g/mol. The zero-order valence-corrected chi connectivity index (χ0v) is 33.1. The van der Waals surface area contributed by atoms with Crippen molar-refractivity contribution in [2.45, 2.75) is 211 Å². The summed E-state index contributed by atoms with van der Waals surface area (Å²) in [6.07, 6.45) is 38.3. The Bertz CT molecular complexity index is 449. The third-order valence-electron chi connectivity index (χ3n) is 9.62. The molecule has 0 aliphatic heterocycles. The van der Waals surface area contributed by atoms with E-state index >= 15 is 0 Å². The first-order valence-electron chi connectivity index (χ1n) is 18.2. The molecule has 40 heavy (non-hydrogen) atoms. The second-order valence-corrected chi connectivity index (χ2v) is 20.2. The van der Waals surface area contributed by atoms with E-state index in [1.807, 2.05) is 0 Å². The molecule has 242 valence electrons. The SMILES string of the molecule is CCCCC(P)(CCCC)CCCP(CCCC(P)(CCCC)CCCC)CCCC(P)(CCCC)CCCC. The van der Waals surface area contributed by atoms with Crippen molar-refractivity contribution in [3.8, 4) is 0 Å². The van der Waals surface area contributed by atoms with Crippen molar-refractivity contribution in [1.82, 2.24) is 0 Å². The zero-order chi connectivity index (χ0) is 30.2. The lowest BCUT2D eigenvalue weighted by molar-refractivity contribution is 0.430. The Morgan fingerprint density at radius 1 is 0.325 bits per heavy atom. The van der Waals surface area contributed by atoms with Gasteiger partial charge in [-0.15, -0.1) is 35.6 Å². The molecule has 0 radical (unpaired) electrons. The third-order valence-corrected chi connectivity index (χ3v) is 15.1. The van der Waals surface area contributed by atoms with Crippen LogP contribution in [0.25, 0.3) is 0 Å². The molecule has 0 spiro atoms. The van der Waals surface area contributed by atoms with Crippen molar-refractivity contribution in [2.75, 3.05) is 18.5 Å². The van der Waals surface area contributed by atoms with Gasteiger partial charge in [0.25, 0.3) is 0 Å². The van der Waals surface area contributed by atoms with Gasteiger partial charge in [0.15, 0.2) is 0 Å². The highest BCUT2D eigenvalue weighted by Crippen LogP contribution is 2.46. The predicted octanol–water partition coefficient (Wildman–Crippen LogP) is 13.8. The van der Waals surface area contributed by atoms with Gasteiger partial charge in [-0.3, -0.25) is 0 Å². The fourth-order valence-electron chi connectivity index (χ4n) is 6.60. The molecule has 0 aromatic carbocycles. The minimum absolute atomic E-state index is 0.175. The van der Waals surface area contributed by atoms with Crippen LogP contribution in [0, 0.1) is 0 Å². The number of hydrogen-bond acceptors (Lipinski definition) is 0. The molecule has 0 rings (SSSR count). The summed E-state index contributed by atoms with van der Waals surface area (Å²) in [5, 5.41) is 1.54. The lowest BCUT2D eigenvalue weighted by Crippen LogP contribution is -2.22. The largest absolute Gasteiger partial charge is 0.131 e. The highest BCUT2D eigenvalue weighted by atomic mass is 31.1. The van der Waals surface area contributed by atoms with E-state index in [1.165, 1.54) is 173 Å². The summed E-state index contributed by atoms with van der Waals surface area (Å²) in [4.78, 5) is 0. The Labute approximate surface area is 264 Å². The third kappa shape index (κ3) is 21.4. The molecule has 0 aromatic rings. The molecular formula is C36H78P4. The minimum Gasteiger partial charge on any atom is -0.131 e. The smallest absolute Gasteiger partial charge is 0.0150 e. The minimum atomic E-state index is 0.175. The molecule has 0 aromatic heterocycles. The van der Waals surface area contributed by atoms with E-state index in [2.05, 4.69) is 69.3 Å². The molecule has 0 nitrogen and oxygen atoms in total. The molecule has 3 unspecified atom stereocenters. The Hall–Kier alpha value is 1.72. The molecule has 4 heteroatoms. The molecule has 0 saturated carbocycles. The van der Waals surface area contributed by atoms with Gasteiger partial charge in [-0.1, -0.05) is 119 Å². The normalized spacial score (nSPS) is 13.1. The van der Waals surface area contributed by atoms with Crippen LogP contribution in [0.4, 0.5) is 0 Å². The van der Waals surface area contributed by atoms with Crippen molar-refractivity contribution in [3.05, 3.63) is 0 Å². The van der Waals surface area contributed by atoms with Crippen LogP contribution in [-0.4, -0.2) is 34.0 Å². The van der Waals surface area contributed by atoms with Crippen molar-refractivity contribution in [2.24, 2.45) is 0 Å². The first kappa shape index (κ1) is 41.7. The Balaban J connectivity index is 5.26. The molecule has 0 heterocycles. The van der Waals surface area contributed by atoms with E-state index in [-0.39, 0.29) is 7.92 Å². The number of unbranched alkanes of at least 4 members (excludes halogenated alkanes) is 6. The quantitative estimate of drug-likeness (QED) is 0.0690. The van der Waals surface area contributed by atoms with Gasteiger partial charge in [0.1, 0.15) is 0 Å². The summed E-state index contributed by atoms with van der Waals surface area (Å²) >= 11 is 0. The summed E-state index contributed by atoms with van der Waals surface area (Å²) in [7, 11) is 10.3. The predicted molar refractivity (Wildman–Crippen MR) is 204 cm³/mol. The van der Waals surface area contributed by atoms with Gasteiger partial charge >= 0.3 is 0 Å². The summed E-state index contributed by atoms with van der Waals surface area (Å²) < 4.78 is 0. The van der Waals surface area contributed by atoms with E-state index in [0.717, 1.165) is 0 Å². The monoisotopic (exact) mass is 635 g/mol. The molecule has 0 fully saturated rings. The number of rotatable bonds is 30. The van der Waals surface area contributed by atoms with Crippen LogP contribution in [-0.2, 0) is 0 Å². The fraction of sp³-hybridized carbons (Fsp3) is 1.00. The van der Waals surface area contributed by atoms with Gasteiger partial charge < -0.3 is 0 Å². The highest BCUT2D eigenvalue weighted by Gasteiger charge is 2.27. The van der Waals surface area contributed by atoms with Crippen LogP contribution in [0.1, 0.15) is 196 Å². The molecule has 3 atom stereocenters. The lowest BCUT2D eigenvalue weighted by atomic mass is 9.90. The molecule has 0 saturated heterocycles. The number of hydrogen-bond donors (Lipinski definition) is 0. The van der Waals surface area contributed by atoms with Gasteiger partial charge in [-0.05, 0) is 111 Å².